The maximum Gasteiger partial charge on any atom is 0.236 e. The number of likely N-dealkylation sites (N-methyl/N-ethyl adjacent to an activating group) is 1. The number of rotatable bonds is 4. The summed E-state index contributed by atoms with van der Waals surface area (Å²) in [6, 6.07) is 0. The largest absolute Gasteiger partial charge is 0.392 e. The highest BCUT2D eigenvalue weighted by molar-refractivity contribution is 5.78. The third-order valence-electron chi connectivity index (χ3n) is 2.53. The summed E-state index contributed by atoms with van der Waals surface area (Å²) < 4.78 is 0. The van der Waals surface area contributed by atoms with Crippen molar-refractivity contribution in [1.29, 1.82) is 0 Å². The number of amides is 1. The van der Waals surface area contributed by atoms with E-state index in [0.29, 0.717) is 13.1 Å². The standard InChI is InChI=1S/C10H21N3O2/c1-9(14)7-12(2)10(15)8-13-5-3-11-4-6-13/h9,11,14H,3-8H2,1-2H3. The number of piperazine rings is 1. The van der Waals surface area contributed by atoms with Crippen LogP contribution in [0.1, 0.15) is 6.92 Å². The second kappa shape index (κ2) is 6.05. The minimum Gasteiger partial charge on any atom is -0.392 e. The number of aliphatic hydroxyl groups is 1. The van der Waals surface area contributed by atoms with Crippen molar-refractivity contribution in [3.8, 4) is 0 Å². The Labute approximate surface area is 91.0 Å². The number of carbonyl (C=O) groups excluding carboxylic acids is 1. The molecule has 1 heterocycles. The molecule has 1 atom stereocenters. The van der Waals surface area contributed by atoms with Crippen molar-refractivity contribution in [2.75, 3.05) is 46.3 Å². The molecule has 88 valence electrons. The van der Waals surface area contributed by atoms with Crippen molar-refractivity contribution in [3.63, 3.8) is 0 Å². The van der Waals surface area contributed by atoms with E-state index in [1.54, 1.807) is 18.9 Å². The Kier molecular flexibility index (Phi) is 5.01. The molecule has 1 amide bonds. The Morgan fingerprint density at radius 3 is 2.67 bits per heavy atom. The summed E-state index contributed by atoms with van der Waals surface area (Å²) >= 11 is 0. The van der Waals surface area contributed by atoms with E-state index in [1.807, 2.05) is 0 Å². The zero-order chi connectivity index (χ0) is 11.3. The minimum atomic E-state index is -0.457. The van der Waals surface area contributed by atoms with E-state index in [9.17, 15) is 4.79 Å². The zero-order valence-electron chi connectivity index (χ0n) is 9.57. The van der Waals surface area contributed by atoms with E-state index in [4.69, 9.17) is 5.11 Å². The Morgan fingerprint density at radius 1 is 1.53 bits per heavy atom. The van der Waals surface area contributed by atoms with Gasteiger partial charge in [-0.2, -0.15) is 0 Å². The Bertz CT molecular complexity index is 203. The van der Waals surface area contributed by atoms with Crippen LogP contribution >= 0.6 is 0 Å². The normalized spacial score (nSPS) is 19.9. The van der Waals surface area contributed by atoms with Crippen molar-refractivity contribution in [2.45, 2.75) is 13.0 Å². The Morgan fingerprint density at radius 2 is 2.13 bits per heavy atom. The molecule has 1 aliphatic rings. The maximum atomic E-state index is 11.7. The number of nitrogens with zero attached hydrogens (tertiary/aromatic N) is 2. The van der Waals surface area contributed by atoms with Crippen LogP contribution in [0, 0.1) is 0 Å². The lowest BCUT2D eigenvalue weighted by Crippen LogP contribution is -2.48. The lowest BCUT2D eigenvalue weighted by atomic mass is 10.3. The van der Waals surface area contributed by atoms with Gasteiger partial charge >= 0.3 is 0 Å². The molecule has 0 aromatic rings. The third kappa shape index (κ3) is 4.59. The van der Waals surface area contributed by atoms with Gasteiger partial charge in [0.05, 0.1) is 12.6 Å². The second-order valence-electron chi connectivity index (χ2n) is 4.15. The first-order valence-corrected chi connectivity index (χ1v) is 5.44. The maximum absolute atomic E-state index is 11.7. The molecule has 0 spiro atoms. The fourth-order valence-electron chi connectivity index (χ4n) is 1.68. The average Bonchev–Trinajstić information content (AvgIpc) is 2.18. The highest BCUT2D eigenvalue weighted by Gasteiger charge is 2.16. The first-order valence-electron chi connectivity index (χ1n) is 5.44. The summed E-state index contributed by atoms with van der Waals surface area (Å²) in [5.41, 5.74) is 0. The van der Waals surface area contributed by atoms with Gasteiger partial charge in [0.2, 0.25) is 5.91 Å². The highest BCUT2D eigenvalue weighted by atomic mass is 16.3. The highest BCUT2D eigenvalue weighted by Crippen LogP contribution is 1.96. The zero-order valence-corrected chi connectivity index (χ0v) is 9.57. The SMILES string of the molecule is CC(O)CN(C)C(=O)CN1CCNCC1. The lowest BCUT2D eigenvalue weighted by Gasteiger charge is -2.28. The van der Waals surface area contributed by atoms with Gasteiger partial charge < -0.3 is 15.3 Å². The van der Waals surface area contributed by atoms with Gasteiger partial charge in [0.15, 0.2) is 0 Å². The summed E-state index contributed by atoms with van der Waals surface area (Å²) in [5, 5.41) is 12.4. The van der Waals surface area contributed by atoms with Crippen LogP contribution in [0.15, 0.2) is 0 Å². The Hall–Kier alpha value is -0.650. The van der Waals surface area contributed by atoms with Gasteiger partial charge in [-0.1, -0.05) is 0 Å². The monoisotopic (exact) mass is 215 g/mol. The predicted octanol–water partition coefficient (Wildman–Crippen LogP) is -1.27. The molecule has 1 aliphatic heterocycles. The fraction of sp³-hybridized carbons (Fsp3) is 0.900. The summed E-state index contributed by atoms with van der Waals surface area (Å²) in [7, 11) is 1.73. The van der Waals surface area contributed by atoms with Crippen molar-refractivity contribution in [1.82, 2.24) is 15.1 Å². The molecule has 5 heteroatoms. The molecule has 5 nitrogen and oxygen atoms in total. The predicted molar refractivity (Wildman–Crippen MR) is 58.6 cm³/mol. The Balaban J connectivity index is 2.27. The van der Waals surface area contributed by atoms with Gasteiger partial charge in [0.1, 0.15) is 0 Å². The molecule has 0 aliphatic carbocycles. The van der Waals surface area contributed by atoms with Crippen LogP contribution in [-0.4, -0.2) is 73.2 Å². The van der Waals surface area contributed by atoms with E-state index in [0.717, 1.165) is 26.2 Å². The van der Waals surface area contributed by atoms with Gasteiger partial charge in [0.25, 0.3) is 0 Å². The third-order valence-corrected chi connectivity index (χ3v) is 2.53. The van der Waals surface area contributed by atoms with Crippen LogP contribution in [0.2, 0.25) is 0 Å². The van der Waals surface area contributed by atoms with Crippen LogP contribution in [0.3, 0.4) is 0 Å². The molecule has 0 saturated carbocycles. The molecule has 15 heavy (non-hydrogen) atoms. The van der Waals surface area contributed by atoms with Crippen molar-refractivity contribution >= 4 is 5.91 Å². The average molecular weight is 215 g/mol. The molecule has 0 aromatic heterocycles. The van der Waals surface area contributed by atoms with E-state index < -0.39 is 6.10 Å². The number of hydrogen-bond donors (Lipinski definition) is 2. The molecule has 1 unspecified atom stereocenters. The van der Waals surface area contributed by atoms with Crippen molar-refractivity contribution in [3.05, 3.63) is 0 Å². The summed E-state index contributed by atoms with van der Waals surface area (Å²) in [4.78, 5) is 15.4. The number of carbonyl (C=O) groups is 1. The van der Waals surface area contributed by atoms with E-state index in [-0.39, 0.29) is 5.91 Å². The quantitative estimate of drug-likeness (QED) is 0.614. The van der Waals surface area contributed by atoms with Gasteiger partial charge in [-0.25, -0.2) is 0 Å². The number of nitrogens with one attached hydrogen (secondary N) is 1. The molecule has 1 saturated heterocycles. The van der Waals surface area contributed by atoms with Gasteiger partial charge in [0, 0.05) is 39.8 Å². The van der Waals surface area contributed by atoms with Crippen LogP contribution in [-0.2, 0) is 4.79 Å². The molecule has 0 bridgehead atoms. The minimum absolute atomic E-state index is 0.0813. The fourth-order valence-corrected chi connectivity index (χ4v) is 1.68. The molecule has 0 radical (unpaired) electrons. The van der Waals surface area contributed by atoms with Gasteiger partial charge in [-0.05, 0) is 6.92 Å². The smallest absolute Gasteiger partial charge is 0.236 e. The van der Waals surface area contributed by atoms with Gasteiger partial charge in [-0.3, -0.25) is 9.69 Å². The summed E-state index contributed by atoms with van der Waals surface area (Å²) in [6.07, 6.45) is -0.457. The van der Waals surface area contributed by atoms with Gasteiger partial charge in [-0.15, -0.1) is 0 Å². The first-order chi connectivity index (χ1) is 7.09. The summed E-state index contributed by atoms with van der Waals surface area (Å²) in [6.45, 7) is 6.31. The number of aliphatic hydroxyl groups excluding tert-OH is 1. The van der Waals surface area contributed by atoms with Crippen LogP contribution in [0.4, 0.5) is 0 Å². The van der Waals surface area contributed by atoms with Crippen molar-refractivity contribution < 1.29 is 9.90 Å². The summed E-state index contributed by atoms with van der Waals surface area (Å²) in [5.74, 6) is 0.0813. The molecular formula is C10H21N3O2. The van der Waals surface area contributed by atoms with E-state index >= 15 is 0 Å². The van der Waals surface area contributed by atoms with Crippen LogP contribution in [0.25, 0.3) is 0 Å². The van der Waals surface area contributed by atoms with Crippen molar-refractivity contribution in [2.24, 2.45) is 0 Å². The van der Waals surface area contributed by atoms with Crippen LogP contribution < -0.4 is 5.32 Å². The van der Waals surface area contributed by atoms with Crippen LogP contribution in [0.5, 0.6) is 0 Å². The molecule has 1 rings (SSSR count). The molecular weight excluding hydrogens is 194 g/mol. The second-order valence-corrected chi connectivity index (χ2v) is 4.15. The molecule has 0 aromatic carbocycles. The lowest BCUT2D eigenvalue weighted by molar-refractivity contribution is -0.132. The first kappa shape index (κ1) is 12.4. The topological polar surface area (TPSA) is 55.8 Å². The number of hydrogen-bond acceptors (Lipinski definition) is 4. The van der Waals surface area contributed by atoms with E-state index in [2.05, 4.69) is 10.2 Å². The molecule has 2 N–H and O–H groups in total. The molecule has 1 fully saturated rings. The van der Waals surface area contributed by atoms with E-state index in [1.165, 1.54) is 0 Å².